The Hall–Kier alpha value is -0.790. The van der Waals surface area contributed by atoms with Crippen molar-refractivity contribution < 1.29 is 5.11 Å². The van der Waals surface area contributed by atoms with Gasteiger partial charge in [-0.1, -0.05) is 62.2 Å². The molecule has 156 valence electrons. The number of aliphatic hydroxyl groups is 1. The zero-order valence-corrected chi connectivity index (χ0v) is 18.8. The van der Waals surface area contributed by atoms with Crippen LogP contribution in [0, 0.1) is 30.1 Å². The molecule has 28 heavy (non-hydrogen) atoms. The molecule has 2 fully saturated rings. The van der Waals surface area contributed by atoms with Gasteiger partial charge in [-0.25, -0.2) is 0 Å². The van der Waals surface area contributed by atoms with Crippen molar-refractivity contribution in [3.05, 3.63) is 47.5 Å². The minimum atomic E-state index is -0.181. The van der Waals surface area contributed by atoms with Gasteiger partial charge < -0.3 is 5.11 Å². The molecule has 1 aromatic carbocycles. The lowest BCUT2D eigenvalue weighted by molar-refractivity contribution is -0.0473. The molecule has 1 nitrogen and oxygen atoms in total. The van der Waals surface area contributed by atoms with Gasteiger partial charge in [-0.05, 0) is 87.0 Å². The van der Waals surface area contributed by atoms with Crippen molar-refractivity contribution in [3.63, 3.8) is 0 Å². The lowest BCUT2D eigenvalue weighted by Crippen LogP contribution is -2.42. The Morgan fingerprint density at radius 1 is 1.18 bits per heavy atom. The highest BCUT2D eigenvalue weighted by Crippen LogP contribution is 2.49. The second-order valence-corrected chi connectivity index (χ2v) is 10.5. The molecule has 1 aromatic rings. The second-order valence-electron chi connectivity index (χ2n) is 9.94. The topological polar surface area (TPSA) is 20.2 Å². The summed E-state index contributed by atoms with van der Waals surface area (Å²) < 4.78 is 0. The van der Waals surface area contributed by atoms with Crippen molar-refractivity contribution in [1.29, 1.82) is 0 Å². The lowest BCUT2D eigenvalue weighted by atomic mass is 9.60. The number of aliphatic hydroxyl groups excluding tert-OH is 1. The molecule has 2 heteroatoms. The van der Waals surface area contributed by atoms with Gasteiger partial charge in [-0.2, -0.15) is 0 Å². The average Bonchev–Trinajstić information content (AvgIpc) is 2.97. The summed E-state index contributed by atoms with van der Waals surface area (Å²) in [5.74, 6) is 1.80. The summed E-state index contributed by atoms with van der Waals surface area (Å²) in [5.41, 5.74) is 2.93. The first-order chi connectivity index (χ1) is 13.4. The van der Waals surface area contributed by atoms with E-state index in [2.05, 4.69) is 57.2 Å². The van der Waals surface area contributed by atoms with E-state index in [0.717, 1.165) is 32.1 Å². The molecule has 0 saturated heterocycles. The molecular weight excluding hydrogens is 364 g/mol. The van der Waals surface area contributed by atoms with Gasteiger partial charge >= 0.3 is 0 Å². The predicted molar refractivity (Wildman–Crippen MR) is 121 cm³/mol. The molecule has 2 unspecified atom stereocenters. The predicted octanol–water partition coefficient (Wildman–Crippen LogP) is 7.08. The van der Waals surface area contributed by atoms with Crippen LogP contribution in [0.15, 0.2) is 36.4 Å². The number of rotatable bonds is 9. The zero-order chi connectivity index (χ0) is 20.1. The van der Waals surface area contributed by atoms with Crippen LogP contribution in [0.1, 0.15) is 76.3 Å². The van der Waals surface area contributed by atoms with Crippen LogP contribution in [-0.4, -0.2) is 16.6 Å². The van der Waals surface area contributed by atoms with Gasteiger partial charge in [0.2, 0.25) is 0 Å². The van der Waals surface area contributed by atoms with E-state index in [1.807, 2.05) is 0 Å². The quantitative estimate of drug-likeness (QED) is 0.345. The third-order valence-corrected chi connectivity index (χ3v) is 7.83. The third-order valence-electron chi connectivity index (χ3n) is 7.29. The van der Waals surface area contributed by atoms with E-state index in [9.17, 15) is 5.11 Å². The first kappa shape index (κ1) is 21.9. The highest BCUT2D eigenvalue weighted by molar-refractivity contribution is 6.21. The van der Waals surface area contributed by atoms with Crippen molar-refractivity contribution in [2.75, 3.05) is 0 Å². The van der Waals surface area contributed by atoms with Crippen LogP contribution in [0.25, 0.3) is 0 Å². The standard InChI is InChI=1S/C26H39ClO/c1-19(2)18-26(16-5-17-26)25(28)7-4-6-22-13-15-24(27)23(22)14-12-21-10-8-20(3)9-11-21/h4,6,8-11,19,22-25,28H,5,7,12-18H2,1-3H3/b6-4+/t22-,23+,24?,25?/m0/s1. The van der Waals surface area contributed by atoms with Crippen LogP contribution in [0.3, 0.4) is 0 Å². The molecule has 0 amide bonds. The number of hydrogen-bond acceptors (Lipinski definition) is 1. The first-order valence-corrected chi connectivity index (χ1v) is 11.9. The van der Waals surface area contributed by atoms with Crippen LogP contribution in [-0.2, 0) is 6.42 Å². The normalized spacial score (nSPS) is 28.0. The molecule has 0 bridgehead atoms. The van der Waals surface area contributed by atoms with Crippen molar-refractivity contribution in [2.24, 2.45) is 23.2 Å². The van der Waals surface area contributed by atoms with Crippen molar-refractivity contribution in [2.45, 2.75) is 90.0 Å². The molecule has 2 aliphatic carbocycles. The summed E-state index contributed by atoms with van der Waals surface area (Å²) in [4.78, 5) is 0. The Labute approximate surface area is 177 Å². The van der Waals surface area contributed by atoms with E-state index < -0.39 is 0 Å². The van der Waals surface area contributed by atoms with Crippen LogP contribution in [0.2, 0.25) is 0 Å². The fourth-order valence-corrected chi connectivity index (χ4v) is 5.96. The molecule has 2 aliphatic rings. The molecule has 3 rings (SSSR count). The van der Waals surface area contributed by atoms with Gasteiger partial charge in [-0.15, -0.1) is 11.6 Å². The molecule has 0 aromatic heterocycles. The smallest absolute Gasteiger partial charge is 0.0630 e. The number of allylic oxidation sites excluding steroid dienone is 1. The van der Waals surface area contributed by atoms with Crippen LogP contribution in [0.5, 0.6) is 0 Å². The van der Waals surface area contributed by atoms with E-state index in [-0.39, 0.29) is 11.5 Å². The van der Waals surface area contributed by atoms with Gasteiger partial charge in [0.25, 0.3) is 0 Å². The molecule has 2 saturated carbocycles. The summed E-state index contributed by atoms with van der Waals surface area (Å²) in [6.07, 6.45) is 14.7. The van der Waals surface area contributed by atoms with E-state index in [0.29, 0.717) is 23.1 Å². The Morgan fingerprint density at radius 3 is 2.50 bits per heavy atom. The summed E-state index contributed by atoms with van der Waals surface area (Å²) >= 11 is 6.68. The van der Waals surface area contributed by atoms with E-state index in [1.165, 1.54) is 36.8 Å². The van der Waals surface area contributed by atoms with Gasteiger partial charge in [-0.3, -0.25) is 0 Å². The number of benzene rings is 1. The highest BCUT2D eigenvalue weighted by Gasteiger charge is 2.43. The largest absolute Gasteiger partial charge is 0.392 e. The van der Waals surface area contributed by atoms with Gasteiger partial charge in [0.1, 0.15) is 0 Å². The van der Waals surface area contributed by atoms with E-state index >= 15 is 0 Å². The zero-order valence-electron chi connectivity index (χ0n) is 18.0. The maximum Gasteiger partial charge on any atom is 0.0630 e. The van der Waals surface area contributed by atoms with Crippen LogP contribution < -0.4 is 0 Å². The second kappa shape index (κ2) is 9.81. The molecule has 0 heterocycles. The molecule has 0 spiro atoms. The Morgan fingerprint density at radius 2 is 1.89 bits per heavy atom. The Kier molecular flexibility index (Phi) is 7.67. The lowest BCUT2D eigenvalue weighted by Gasteiger charge is -2.46. The number of aryl methyl sites for hydroxylation is 2. The van der Waals surface area contributed by atoms with Crippen molar-refractivity contribution in [3.8, 4) is 0 Å². The maximum absolute atomic E-state index is 10.9. The molecule has 0 radical (unpaired) electrons. The van der Waals surface area contributed by atoms with E-state index in [4.69, 9.17) is 11.6 Å². The molecule has 1 N–H and O–H groups in total. The SMILES string of the molecule is Cc1ccc(CC[C@H]2C(Cl)CC[C@@H]2/C=C/CC(O)C2(CC(C)C)CCC2)cc1. The molecular formula is C26H39ClO. The monoisotopic (exact) mass is 402 g/mol. The van der Waals surface area contributed by atoms with E-state index in [1.54, 1.807) is 0 Å². The fraction of sp³-hybridized carbons (Fsp3) is 0.692. The van der Waals surface area contributed by atoms with Crippen LogP contribution >= 0.6 is 11.6 Å². The fourth-order valence-electron chi connectivity index (χ4n) is 5.52. The minimum absolute atomic E-state index is 0.181. The Bertz CT molecular complexity index is 628. The summed E-state index contributed by atoms with van der Waals surface area (Å²) in [6, 6.07) is 8.91. The minimum Gasteiger partial charge on any atom is -0.392 e. The Balaban J connectivity index is 1.52. The highest BCUT2D eigenvalue weighted by atomic mass is 35.5. The van der Waals surface area contributed by atoms with Gasteiger partial charge in [0.05, 0.1) is 6.10 Å². The first-order valence-electron chi connectivity index (χ1n) is 11.4. The molecule has 4 atom stereocenters. The maximum atomic E-state index is 10.9. The number of halogens is 1. The van der Waals surface area contributed by atoms with Gasteiger partial charge in [0.15, 0.2) is 0 Å². The summed E-state index contributed by atoms with van der Waals surface area (Å²) in [6.45, 7) is 6.69. The summed E-state index contributed by atoms with van der Waals surface area (Å²) in [7, 11) is 0. The van der Waals surface area contributed by atoms with Crippen LogP contribution in [0.4, 0.5) is 0 Å². The third kappa shape index (κ3) is 5.42. The number of alkyl halides is 1. The number of hydrogen-bond donors (Lipinski definition) is 1. The van der Waals surface area contributed by atoms with Crippen molar-refractivity contribution >= 4 is 11.6 Å². The molecule has 0 aliphatic heterocycles. The van der Waals surface area contributed by atoms with Gasteiger partial charge in [0, 0.05) is 5.38 Å². The summed E-state index contributed by atoms with van der Waals surface area (Å²) in [5, 5.41) is 11.2. The average molecular weight is 403 g/mol. The van der Waals surface area contributed by atoms with Crippen molar-refractivity contribution in [1.82, 2.24) is 0 Å².